The predicted molar refractivity (Wildman–Crippen MR) is 83.5 cm³/mol. The number of para-hydroxylation sites is 1. The van der Waals surface area contributed by atoms with Gasteiger partial charge in [-0.1, -0.05) is 18.2 Å². The quantitative estimate of drug-likeness (QED) is 0.770. The molecule has 0 bridgehead atoms. The minimum Gasteiger partial charge on any atom is -0.496 e. The molecule has 1 aliphatic heterocycles. The van der Waals surface area contributed by atoms with Gasteiger partial charge >= 0.3 is 0 Å². The SMILES string of the molecule is CCN1C[C@@H](NCC(=O)NCc2ccccc2OC)CC1=O. The van der Waals surface area contributed by atoms with Crippen LogP contribution in [0.4, 0.5) is 0 Å². The molecule has 1 aliphatic rings. The third-order valence-corrected chi connectivity index (χ3v) is 3.82. The molecule has 1 aromatic rings. The second-order valence-corrected chi connectivity index (χ2v) is 5.30. The first-order chi connectivity index (χ1) is 10.6. The average molecular weight is 305 g/mol. The van der Waals surface area contributed by atoms with Crippen LogP contribution in [-0.4, -0.2) is 49.5 Å². The zero-order valence-corrected chi connectivity index (χ0v) is 13.1. The van der Waals surface area contributed by atoms with Gasteiger partial charge in [0, 0.05) is 37.7 Å². The van der Waals surface area contributed by atoms with Gasteiger partial charge in [0.2, 0.25) is 11.8 Å². The van der Waals surface area contributed by atoms with Crippen LogP contribution in [0.25, 0.3) is 0 Å². The lowest BCUT2D eigenvalue weighted by molar-refractivity contribution is -0.127. The van der Waals surface area contributed by atoms with Crippen molar-refractivity contribution in [3.05, 3.63) is 29.8 Å². The third kappa shape index (κ3) is 4.21. The highest BCUT2D eigenvalue weighted by Crippen LogP contribution is 2.16. The molecule has 0 aromatic heterocycles. The molecule has 2 N–H and O–H groups in total. The van der Waals surface area contributed by atoms with Gasteiger partial charge in [-0.2, -0.15) is 0 Å². The zero-order chi connectivity index (χ0) is 15.9. The van der Waals surface area contributed by atoms with Gasteiger partial charge in [0.25, 0.3) is 0 Å². The van der Waals surface area contributed by atoms with Gasteiger partial charge < -0.3 is 20.3 Å². The Labute approximate surface area is 130 Å². The molecule has 1 heterocycles. The van der Waals surface area contributed by atoms with Gasteiger partial charge in [-0.05, 0) is 13.0 Å². The fraction of sp³-hybridized carbons (Fsp3) is 0.500. The normalized spacial score (nSPS) is 17.6. The van der Waals surface area contributed by atoms with Crippen molar-refractivity contribution in [2.75, 3.05) is 26.7 Å². The number of methoxy groups -OCH3 is 1. The lowest BCUT2D eigenvalue weighted by Crippen LogP contribution is -2.40. The molecule has 6 nitrogen and oxygen atoms in total. The standard InChI is InChI=1S/C16H23N3O3/c1-3-19-11-13(8-16(19)21)17-10-15(20)18-9-12-6-4-5-7-14(12)22-2/h4-7,13,17H,3,8-11H2,1-2H3,(H,18,20)/t13-/m0/s1. The number of nitrogens with one attached hydrogen (secondary N) is 2. The van der Waals surface area contributed by atoms with Crippen LogP contribution in [0.5, 0.6) is 5.75 Å². The Morgan fingerprint density at radius 3 is 2.86 bits per heavy atom. The summed E-state index contributed by atoms with van der Waals surface area (Å²) in [5.41, 5.74) is 0.937. The number of carbonyl (C=O) groups is 2. The molecular weight excluding hydrogens is 282 g/mol. The van der Waals surface area contributed by atoms with E-state index in [1.807, 2.05) is 31.2 Å². The first-order valence-electron chi connectivity index (χ1n) is 7.53. The molecule has 120 valence electrons. The maximum absolute atomic E-state index is 11.9. The maximum Gasteiger partial charge on any atom is 0.234 e. The summed E-state index contributed by atoms with van der Waals surface area (Å²) in [5.74, 6) is 0.818. The Morgan fingerprint density at radius 2 is 2.18 bits per heavy atom. The van der Waals surface area contributed by atoms with E-state index in [9.17, 15) is 9.59 Å². The fourth-order valence-corrected chi connectivity index (χ4v) is 2.56. The molecule has 0 aliphatic carbocycles. The van der Waals surface area contributed by atoms with E-state index in [0.29, 0.717) is 19.5 Å². The van der Waals surface area contributed by atoms with Crippen LogP contribution in [0, 0.1) is 0 Å². The zero-order valence-electron chi connectivity index (χ0n) is 13.1. The number of rotatable bonds is 7. The van der Waals surface area contributed by atoms with Gasteiger partial charge in [-0.15, -0.1) is 0 Å². The lowest BCUT2D eigenvalue weighted by atomic mass is 10.2. The summed E-state index contributed by atoms with van der Waals surface area (Å²) in [6, 6.07) is 7.64. The Hall–Kier alpha value is -2.08. The number of hydrogen-bond donors (Lipinski definition) is 2. The van der Waals surface area contributed by atoms with E-state index in [2.05, 4.69) is 10.6 Å². The minimum absolute atomic E-state index is 0.0597. The van der Waals surface area contributed by atoms with Crippen molar-refractivity contribution in [2.45, 2.75) is 25.9 Å². The Bertz CT molecular complexity index is 533. The topological polar surface area (TPSA) is 70.7 Å². The molecule has 0 unspecified atom stereocenters. The van der Waals surface area contributed by atoms with Crippen molar-refractivity contribution < 1.29 is 14.3 Å². The van der Waals surface area contributed by atoms with E-state index < -0.39 is 0 Å². The molecule has 0 spiro atoms. The number of likely N-dealkylation sites (N-methyl/N-ethyl adjacent to an activating group) is 1. The number of ether oxygens (including phenoxy) is 1. The van der Waals surface area contributed by atoms with Crippen molar-refractivity contribution in [2.24, 2.45) is 0 Å². The molecule has 1 fully saturated rings. The number of hydrogen-bond acceptors (Lipinski definition) is 4. The van der Waals surface area contributed by atoms with E-state index >= 15 is 0 Å². The van der Waals surface area contributed by atoms with Crippen LogP contribution in [0.3, 0.4) is 0 Å². The van der Waals surface area contributed by atoms with Crippen molar-refractivity contribution in [1.82, 2.24) is 15.5 Å². The van der Waals surface area contributed by atoms with Crippen LogP contribution in [0.2, 0.25) is 0 Å². The summed E-state index contributed by atoms with van der Waals surface area (Å²) in [4.78, 5) is 25.3. The van der Waals surface area contributed by atoms with Gasteiger partial charge in [-0.3, -0.25) is 9.59 Å². The predicted octanol–water partition coefficient (Wildman–Crippen LogP) is 0.522. The number of benzene rings is 1. The Morgan fingerprint density at radius 1 is 1.41 bits per heavy atom. The summed E-state index contributed by atoms with van der Waals surface area (Å²) in [7, 11) is 1.61. The molecule has 0 radical (unpaired) electrons. The molecule has 2 amide bonds. The first kappa shape index (κ1) is 16.3. The summed E-state index contributed by atoms with van der Waals surface area (Å²) in [6.07, 6.45) is 0.466. The van der Waals surface area contributed by atoms with E-state index in [0.717, 1.165) is 17.9 Å². The third-order valence-electron chi connectivity index (χ3n) is 3.82. The minimum atomic E-state index is -0.0895. The monoisotopic (exact) mass is 305 g/mol. The second-order valence-electron chi connectivity index (χ2n) is 5.30. The molecule has 1 saturated heterocycles. The fourth-order valence-electron chi connectivity index (χ4n) is 2.56. The van der Waals surface area contributed by atoms with E-state index in [4.69, 9.17) is 4.74 Å². The van der Waals surface area contributed by atoms with Crippen LogP contribution in [0.15, 0.2) is 24.3 Å². The van der Waals surface area contributed by atoms with Crippen molar-refractivity contribution in [1.29, 1.82) is 0 Å². The summed E-state index contributed by atoms with van der Waals surface area (Å²) >= 11 is 0. The van der Waals surface area contributed by atoms with Crippen molar-refractivity contribution in [3.63, 3.8) is 0 Å². The molecular formula is C16H23N3O3. The molecule has 2 rings (SSSR count). The van der Waals surface area contributed by atoms with Crippen LogP contribution in [-0.2, 0) is 16.1 Å². The molecule has 0 saturated carbocycles. The highest BCUT2D eigenvalue weighted by Gasteiger charge is 2.28. The summed E-state index contributed by atoms with van der Waals surface area (Å²) < 4.78 is 5.24. The molecule has 22 heavy (non-hydrogen) atoms. The number of likely N-dealkylation sites (tertiary alicyclic amines) is 1. The largest absolute Gasteiger partial charge is 0.496 e. The number of nitrogens with zero attached hydrogens (tertiary/aromatic N) is 1. The Balaban J connectivity index is 1.74. The Kier molecular flexibility index (Phi) is 5.77. The molecule has 1 aromatic carbocycles. The first-order valence-corrected chi connectivity index (χ1v) is 7.53. The van der Waals surface area contributed by atoms with Crippen LogP contribution in [0.1, 0.15) is 18.9 Å². The van der Waals surface area contributed by atoms with E-state index in [1.54, 1.807) is 12.0 Å². The number of amides is 2. The van der Waals surface area contributed by atoms with Gasteiger partial charge in [0.1, 0.15) is 5.75 Å². The summed E-state index contributed by atoms with van der Waals surface area (Å²) in [5, 5.41) is 5.99. The lowest BCUT2D eigenvalue weighted by Gasteiger charge is -2.15. The van der Waals surface area contributed by atoms with Gasteiger partial charge in [-0.25, -0.2) is 0 Å². The van der Waals surface area contributed by atoms with Crippen LogP contribution >= 0.6 is 0 Å². The van der Waals surface area contributed by atoms with Crippen molar-refractivity contribution >= 4 is 11.8 Å². The molecule has 6 heteroatoms. The van der Waals surface area contributed by atoms with Crippen molar-refractivity contribution in [3.8, 4) is 5.75 Å². The van der Waals surface area contributed by atoms with Crippen LogP contribution < -0.4 is 15.4 Å². The highest BCUT2D eigenvalue weighted by molar-refractivity contribution is 5.80. The van der Waals surface area contributed by atoms with Gasteiger partial charge in [0.15, 0.2) is 0 Å². The maximum atomic E-state index is 11.9. The second kappa shape index (κ2) is 7.79. The molecule has 1 atom stereocenters. The summed E-state index contributed by atoms with van der Waals surface area (Å²) in [6.45, 7) is 3.99. The van der Waals surface area contributed by atoms with Gasteiger partial charge in [0.05, 0.1) is 13.7 Å². The number of carbonyl (C=O) groups excluding carboxylic acids is 2. The van der Waals surface area contributed by atoms with E-state index in [-0.39, 0.29) is 24.4 Å². The highest BCUT2D eigenvalue weighted by atomic mass is 16.5. The average Bonchev–Trinajstić information content (AvgIpc) is 2.91. The smallest absolute Gasteiger partial charge is 0.234 e. The van der Waals surface area contributed by atoms with E-state index in [1.165, 1.54) is 0 Å².